The summed E-state index contributed by atoms with van der Waals surface area (Å²) in [6, 6.07) is 5.25. The number of anilines is 2. The van der Waals surface area contributed by atoms with Gasteiger partial charge in [0.2, 0.25) is 11.9 Å². The number of Topliss-reactive ketones (excluding diaryl/α,β-unsaturated/α-hetero) is 1. The van der Waals surface area contributed by atoms with E-state index in [-0.39, 0.29) is 59.7 Å². The van der Waals surface area contributed by atoms with Gasteiger partial charge in [0, 0.05) is 19.0 Å². The van der Waals surface area contributed by atoms with E-state index in [9.17, 15) is 49.1 Å². The van der Waals surface area contributed by atoms with Crippen LogP contribution in [0.4, 0.5) is 51.1 Å². The Morgan fingerprint density at radius 3 is 2.29 bits per heavy atom. The zero-order valence-electron chi connectivity index (χ0n) is 23.6. The minimum absolute atomic E-state index is 0.0195. The summed E-state index contributed by atoms with van der Waals surface area (Å²) in [5, 5.41) is 4.61. The van der Waals surface area contributed by atoms with Crippen LogP contribution in [0.15, 0.2) is 30.3 Å². The number of methoxy groups -OCH3 is 1. The number of rotatable bonds is 12. The lowest BCUT2D eigenvalue weighted by atomic mass is 9.95. The molecule has 2 aromatic carbocycles. The van der Waals surface area contributed by atoms with Gasteiger partial charge in [0.05, 0.1) is 40.9 Å². The number of hydrogen-bond acceptors (Lipinski definition) is 6. The molecule has 1 heterocycles. The smallest absolute Gasteiger partial charge is 0.418 e. The predicted molar refractivity (Wildman–Crippen MR) is 144 cm³/mol. The van der Waals surface area contributed by atoms with Gasteiger partial charge >= 0.3 is 18.5 Å². The van der Waals surface area contributed by atoms with Crippen LogP contribution in [0.25, 0.3) is 11.0 Å². The van der Waals surface area contributed by atoms with Crippen molar-refractivity contribution < 1.29 is 53.8 Å². The van der Waals surface area contributed by atoms with E-state index >= 15 is 0 Å². The first kappa shape index (κ1) is 33.9. The number of nitrogens with zero attached hydrogens (tertiary/aromatic N) is 1. The van der Waals surface area contributed by atoms with Crippen molar-refractivity contribution >= 4 is 34.4 Å². The van der Waals surface area contributed by atoms with Crippen LogP contribution in [0.1, 0.15) is 53.6 Å². The zero-order valence-corrected chi connectivity index (χ0v) is 23.6. The quantitative estimate of drug-likeness (QED) is 0.126. The third-order valence-electron chi connectivity index (χ3n) is 7.62. The summed E-state index contributed by atoms with van der Waals surface area (Å²) in [7, 11) is 1.22. The molecule has 1 saturated carbocycles. The summed E-state index contributed by atoms with van der Waals surface area (Å²) in [5.74, 6) is -3.96. The number of amides is 1. The van der Waals surface area contributed by atoms with Gasteiger partial charge < -0.3 is 26.1 Å². The number of aromatic nitrogens is 2. The van der Waals surface area contributed by atoms with E-state index in [4.69, 9.17) is 10.5 Å². The van der Waals surface area contributed by atoms with Crippen LogP contribution in [0.2, 0.25) is 0 Å². The summed E-state index contributed by atoms with van der Waals surface area (Å²) in [5.41, 5.74) is 1.37. The van der Waals surface area contributed by atoms with Crippen LogP contribution in [-0.2, 0) is 17.5 Å². The number of ketones is 1. The molecule has 0 bridgehead atoms. The fourth-order valence-corrected chi connectivity index (χ4v) is 4.89. The number of fused-ring (bicyclic) bond motifs is 1. The van der Waals surface area contributed by atoms with Crippen molar-refractivity contribution in [2.45, 2.75) is 57.2 Å². The van der Waals surface area contributed by atoms with Crippen molar-refractivity contribution in [3.63, 3.8) is 0 Å². The van der Waals surface area contributed by atoms with Crippen LogP contribution in [-0.4, -0.2) is 47.7 Å². The lowest BCUT2D eigenvalue weighted by Gasteiger charge is -2.19. The van der Waals surface area contributed by atoms with Crippen molar-refractivity contribution in [3.05, 3.63) is 47.0 Å². The van der Waals surface area contributed by atoms with Crippen LogP contribution in [0, 0.1) is 11.3 Å². The van der Waals surface area contributed by atoms with E-state index < -0.39 is 72.2 Å². The normalized spacial score (nSPS) is 15.5. The van der Waals surface area contributed by atoms with Crippen LogP contribution < -0.4 is 21.1 Å². The maximum absolute atomic E-state index is 13.8. The molecule has 0 saturated heterocycles. The molecular formula is C28H28F9N5O3. The molecule has 1 atom stereocenters. The number of halogens is 9. The Bertz CT molecular complexity index is 1560. The molecule has 3 aromatic rings. The monoisotopic (exact) mass is 653 g/mol. The zero-order chi connectivity index (χ0) is 33.4. The number of hydrogen-bond donors (Lipinski definition) is 4. The standard InChI is InChI=1S/C28H28F9N5O3/c1-45-22-12-20-19(11-16(22)21(43)5-3-15(6-9-38)26(29,30)31)41-24(42-20)40-18-10-14(2-4-17(18)27(32,33)34)13-39-23(44)25(7-8-25)28(35,36)37/h2,4,10-12,15H,3,5-9,13,38H2,1H3,(H,39,44)(H2,40,41,42). The molecule has 1 fully saturated rings. The number of carbonyl (C=O) groups excluding carboxylic acids is 2. The molecule has 4 rings (SSSR count). The topological polar surface area (TPSA) is 122 Å². The first-order valence-corrected chi connectivity index (χ1v) is 13.6. The number of benzene rings is 2. The van der Waals surface area contributed by atoms with Gasteiger partial charge in [0.25, 0.3) is 0 Å². The van der Waals surface area contributed by atoms with E-state index in [1.54, 1.807) is 0 Å². The highest BCUT2D eigenvalue weighted by Crippen LogP contribution is 2.57. The van der Waals surface area contributed by atoms with Crippen molar-refractivity contribution in [1.29, 1.82) is 0 Å². The van der Waals surface area contributed by atoms with Gasteiger partial charge in [-0.3, -0.25) is 9.59 Å². The number of nitrogens with two attached hydrogens (primary N) is 1. The molecule has 1 unspecified atom stereocenters. The fraction of sp³-hybridized carbons (Fsp3) is 0.464. The number of carbonyl (C=O) groups is 2. The average Bonchev–Trinajstić information content (AvgIpc) is 3.68. The maximum Gasteiger partial charge on any atom is 0.418 e. The summed E-state index contributed by atoms with van der Waals surface area (Å²) >= 11 is 0. The highest BCUT2D eigenvalue weighted by atomic mass is 19.4. The van der Waals surface area contributed by atoms with Gasteiger partial charge in [-0.15, -0.1) is 0 Å². The highest BCUT2D eigenvalue weighted by molar-refractivity contribution is 6.02. The van der Waals surface area contributed by atoms with E-state index in [1.165, 1.54) is 19.2 Å². The Kier molecular flexibility index (Phi) is 9.33. The maximum atomic E-state index is 13.8. The Hall–Kier alpha value is -4.02. The molecule has 246 valence electrons. The molecule has 45 heavy (non-hydrogen) atoms. The Morgan fingerprint density at radius 2 is 1.73 bits per heavy atom. The predicted octanol–water partition coefficient (Wildman–Crippen LogP) is 6.78. The molecule has 1 aliphatic carbocycles. The van der Waals surface area contributed by atoms with Gasteiger partial charge in [0.15, 0.2) is 5.78 Å². The van der Waals surface area contributed by atoms with Crippen LogP contribution in [0.5, 0.6) is 5.75 Å². The molecule has 1 amide bonds. The van der Waals surface area contributed by atoms with Crippen molar-refractivity contribution in [1.82, 2.24) is 15.3 Å². The molecule has 5 N–H and O–H groups in total. The third-order valence-corrected chi connectivity index (χ3v) is 7.62. The average molecular weight is 654 g/mol. The largest absolute Gasteiger partial charge is 0.496 e. The number of imidazole rings is 1. The van der Waals surface area contributed by atoms with Gasteiger partial charge in [-0.1, -0.05) is 6.07 Å². The minimum atomic E-state index is -4.86. The number of aromatic amines is 1. The second-order valence-electron chi connectivity index (χ2n) is 10.7. The second-order valence-corrected chi connectivity index (χ2v) is 10.7. The molecule has 8 nitrogen and oxygen atoms in total. The number of H-pyrrole nitrogens is 1. The summed E-state index contributed by atoms with van der Waals surface area (Å²) in [6.45, 7) is -0.698. The molecule has 1 aliphatic rings. The van der Waals surface area contributed by atoms with Crippen molar-refractivity contribution in [3.8, 4) is 5.75 Å². The van der Waals surface area contributed by atoms with Crippen LogP contribution in [0.3, 0.4) is 0 Å². The Labute approximate surface area is 249 Å². The fourth-order valence-electron chi connectivity index (χ4n) is 4.89. The molecule has 0 aliphatic heterocycles. The Balaban J connectivity index is 1.57. The first-order chi connectivity index (χ1) is 20.9. The molecule has 1 aromatic heterocycles. The van der Waals surface area contributed by atoms with Crippen LogP contribution >= 0.6 is 0 Å². The van der Waals surface area contributed by atoms with Crippen molar-refractivity contribution in [2.75, 3.05) is 19.0 Å². The van der Waals surface area contributed by atoms with Gasteiger partial charge in [0.1, 0.15) is 11.2 Å². The summed E-state index contributed by atoms with van der Waals surface area (Å²) in [6.07, 6.45) is -16.3. The first-order valence-electron chi connectivity index (χ1n) is 13.6. The third kappa shape index (κ3) is 7.45. The van der Waals surface area contributed by atoms with E-state index in [0.717, 1.165) is 12.1 Å². The summed E-state index contributed by atoms with van der Waals surface area (Å²) < 4.78 is 126. The van der Waals surface area contributed by atoms with E-state index in [0.29, 0.717) is 6.07 Å². The van der Waals surface area contributed by atoms with Crippen molar-refractivity contribution in [2.24, 2.45) is 17.1 Å². The number of nitrogens with one attached hydrogen (secondary N) is 3. The minimum Gasteiger partial charge on any atom is -0.496 e. The lowest BCUT2D eigenvalue weighted by Crippen LogP contribution is -2.40. The second kappa shape index (κ2) is 12.4. The summed E-state index contributed by atoms with van der Waals surface area (Å²) in [4.78, 5) is 31.9. The Morgan fingerprint density at radius 1 is 1.04 bits per heavy atom. The number of ether oxygens (including phenoxy) is 1. The van der Waals surface area contributed by atoms with Gasteiger partial charge in [-0.2, -0.15) is 39.5 Å². The van der Waals surface area contributed by atoms with Gasteiger partial charge in [-0.05, 0) is 56.0 Å². The molecule has 17 heteroatoms. The molecule has 0 spiro atoms. The van der Waals surface area contributed by atoms with E-state index in [1.807, 2.05) is 0 Å². The lowest BCUT2D eigenvalue weighted by molar-refractivity contribution is -0.192. The molecular weight excluding hydrogens is 625 g/mol. The van der Waals surface area contributed by atoms with E-state index in [2.05, 4.69) is 20.6 Å². The number of alkyl halides is 9. The molecule has 0 radical (unpaired) electrons. The SMILES string of the molecule is COc1cc2nc(Nc3cc(CNC(=O)C4(C(F)(F)F)CC4)ccc3C(F)(F)F)[nH]c2cc1C(=O)CCC(CCN)C(F)(F)F. The van der Waals surface area contributed by atoms with Gasteiger partial charge in [-0.25, -0.2) is 4.98 Å². The highest BCUT2D eigenvalue weighted by Gasteiger charge is 2.68.